The van der Waals surface area contributed by atoms with Crippen molar-refractivity contribution in [2.24, 2.45) is 0 Å². The maximum Gasteiger partial charge on any atom is 0.338 e. The summed E-state index contributed by atoms with van der Waals surface area (Å²) in [6, 6.07) is 10.6. The van der Waals surface area contributed by atoms with Crippen LogP contribution in [0.15, 0.2) is 42.5 Å². The number of Topliss-reactive ketones (excluding diaryl/α,β-unsaturated/α-hetero) is 1. The minimum atomic E-state index is -0.698. The highest BCUT2D eigenvalue weighted by Crippen LogP contribution is 2.25. The fourth-order valence-corrected chi connectivity index (χ4v) is 2.93. The van der Waals surface area contributed by atoms with Crippen LogP contribution in [-0.2, 0) is 14.3 Å². The normalized spacial score (nSPS) is 13.4. The summed E-state index contributed by atoms with van der Waals surface area (Å²) < 4.78 is 15.3. The molecule has 1 heterocycles. The van der Waals surface area contributed by atoms with E-state index in [9.17, 15) is 19.2 Å². The number of hydrogen-bond donors (Lipinski definition) is 0. The largest absolute Gasteiger partial charge is 0.497 e. The molecule has 1 fully saturated rings. The molecule has 2 aromatic rings. The molecule has 0 N–H and O–H groups in total. The van der Waals surface area contributed by atoms with Crippen LogP contribution in [0.25, 0.3) is 0 Å². The number of rotatable bonds is 7. The van der Waals surface area contributed by atoms with Gasteiger partial charge in [-0.25, -0.2) is 4.79 Å². The van der Waals surface area contributed by atoms with Gasteiger partial charge in [-0.2, -0.15) is 0 Å². The molecule has 0 radical (unpaired) electrons. The summed E-state index contributed by atoms with van der Waals surface area (Å²) in [5.41, 5.74) is 0.859. The second-order valence-electron chi connectivity index (χ2n) is 6.24. The lowest BCUT2D eigenvalue weighted by Gasteiger charge is -2.14. The summed E-state index contributed by atoms with van der Waals surface area (Å²) in [6.45, 7) is -0.466. The molecule has 8 nitrogen and oxygen atoms in total. The van der Waals surface area contributed by atoms with Gasteiger partial charge in [0, 0.05) is 18.9 Å². The molecule has 2 aromatic carbocycles. The van der Waals surface area contributed by atoms with Crippen LogP contribution in [0.5, 0.6) is 11.5 Å². The van der Waals surface area contributed by atoms with Gasteiger partial charge in [-0.15, -0.1) is 0 Å². The van der Waals surface area contributed by atoms with E-state index in [-0.39, 0.29) is 35.8 Å². The van der Waals surface area contributed by atoms with Crippen LogP contribution in [0, 0.1) is 0 Å². The first-order valence-electron chi connectivity index (χ1n) is 8.82. The third-order valence-electron chi connectivity index (χ3n) is 4.46. The van der Waals surface area contributed by atoms with E-state index in [0.717, 1.165) is 4.90 Å². The molecule has 1 saturated heterocycles. The fraction of sp³-hybridized carbons (Fsp3) is 0.238. The van der Waals surface area contributed by atoms with Gasteiger partial charge in [-0.1, -0.05) is 0 Å². The van der Waals surface area contributed by atoms with Gasteiger partial charge in [0.25, 0.3) is 0 Å². The van der Waals surface area contributed by atoms with Crippen molar-refractivity contribution in [3.8, 4) is 11.5 Å². The van der Waals surface area contributed by atoms with Gasteiger partial charge < -0.3 is 14.2 Å². The molecule has 2 amide bonds. The highest BCUT2D eigenvalue weighted by Gasteiger charge is 2.30. The summed E-state index contributed by atoms with van der Waals surface area (Å²) in [5.74, 6) is -0.826. The molecule has 29 heavy (non-hydrogen) atoms. The summed E-state index contributed by atoms with van der Waals surface area (Å²) in [5, 5.41) is 0. The van der Waals surface area contributed by atoms with Gasteiger partial charge in [0.1, 0.15) is 11.5 Å². The smallest absolute Gasteiger partial charge is 0.338 e. The van der Waals surface area contributed by atoms with Crippen molar-refractivity contribution in [3.05, 3.63) is 53.6 Å². The Kier molecular flexibility index (Phi) is 5.92. The molecule has 3 rings (SSSR count). The summed E-state index contributed by atoms with van der Waals surface area (Å²) in [6.07, 6.45) is 0.360. The maximum absolute atomic E-state index is 12.4. The molecule has 150 valence electrons. The summed E-state index contributed by atoms with van der Waals surface area (Å²) in [4.78, 5) is 49.2. The number of methoxy groups -OCH3 is 2. The molecule has 0 spiro atoms. The van der Waals surface area contributed by atoms with Crippen molar-refractivity contribution in [2.75, 3.05) is 25.7 Å². The number of esters is 1. The Morgan fingerprint density at radius 1 is 0.931 bits per heavy atom. The average molecular weight is 397 g/mol. The standard InChI is InChI=1S/C21H19NO7/c1-27-15-7-8-16(18(11-15)28-2)17(23)12-29-21(26)13-3-5-14(6-4-13)22-19(24)9-10-20(22)25/h3-8,11H,9-10,12H2,1-2H3. The Labute approximate surface area is 167 Å². The number of carbonyl (C=O) groups excluding carboxylic acids is 4. The van der Waals surface area contributed by atoms with E-state index >= 15 is 0 Å². The van der Waals surface area contributed by atoms with Crippen LogP contribution in [0.4, 0.5) is 5.69 Å². The third kappa shape index (κ3) is 4.26. The van der Waals surface area contributed by atoms with E-state index in [1.807, 2.05) is 0 Å². The van der Waals surface area contributed by atoms with Gasteiger partial charge in [0.2, 0.25) is 17.6 Å². The summed E-state index contributed by atoms with van der Waals surface area (Å²) >= 11 is 0. The van der Waals surface area contributed by atoms with E-state index in [2.05, 4.69) is 0 Å². The number of nitrogens with zero attached hydrogens (tertiary/aromatic N) is 1. The van der Waals surface area contributed by atoms with Gasteiger partial charge >= 0.3 is 5.97 Å². The Morgan fingerprint density at radius 2 is 1.59 bits per heavy atom. The molecular formula is C21H19NO7. The van der Waals surface area contributed by atoms with Crippen molar-refractivity contribution in [1.29, 1.82) is 0 Å². The number of hydrogen-bond acceptors (Lipinski definition) is 7. The number of anilines is 1. The first kappa shape index (κ1) is 20.1. The van der Waals surface area contributed by atoms with Crippen LogP contribution in [0.1, 0.15) is 33.6 Å². The number of ether oxygens (including phenoxy) is 3. The molecule has 0 bridgehead atoms. The van der Waals surface area contributed by atoms with Gasteiger partial charge in [-0.3, -0.25) is 19.3 Å². The first-order valence-corrected chi connectivity index (χ1v) is 8.82. The molecule has 0 atom stereocenters. The van der Waals surface area contributed by atoms with Crippen molar-refractivity contribution in [2.45, 2.75) is 12.8 Å². The fourth-order valence-electron chi connectivity index (χ4n) is 2.93. The molecule has 0 aromatic heterocycles. The zero-order valence-electron chi connectivity index (χ0n) is 16.0. The van der Waals surface area contributed by atoms with E-state index < -0.39 is 18.4 Å². The van der Waals surface area contributed by atoms with Crippen molar-refractivity contribution >= 4 is 29.3 Å². The lowest BCUT2D eigenvalue weighted by Crippen LogP contribution is -2.28. The monoisotopic (exact) mass is 397 g/mol. The Morgan fingerprint density at radius 3 is 2.17 bits per heavy atom. The minimum Gasteiger partial charge on any atom is -0.497 e. The number of carbonyl (C=O) groups is 4. The molecule has 1 aliphatic heterocycles. The number of amides is 2. The van der Waals surface area contributed by atoms with Gasteiger partial charge in [0.05, 0.1) is 31.0 Å². The van der Waals surface area contributed by atoms with E-state index in [1.165, 1.54) is 44.6 Å². The molecule has 0 unspecified atom stereocenters. The Hall–Kier alpha value is -3.68. The first-order chi connectivity index (χ1) is 13.9. The average Bonchev–Trinajstić information content (AvgIpc) is 3.09. The second kappa shape index (κ2) is 8.55. The quantitative estimate of drug-likeness (QED) is 0.402. The van der Waals surface area contributed by atoms with Crippen LogP contribution in [-0.4, -0.2) is 44.4 Å². The molecule has 0 aliphatic carbocycles. The molecule has 1 aliphatic rings. The maximum atomic E-state index is 12.4. The number of imide groups is 1. The molecule has 8 heteroatoms. The molecule has 0 saturated carbocycles. The van der Waals surface area contributed by atoms with E-state index in [1.54, 1.807) is 12.1 Å². The van der Waals surface area contributed by atoms with Crippen LogP contribution in [0.2, 0.25) is 0 Å². The van der Waals surface area contributed by atoms with E-state index in [0.29, 0.717) is 17.2 Å². The second-order valence-corrected chi connectivity index (χ2v) is 6.24. The number of benzene rings is 2. The highest BCUT2D eigenvalue weighted by atomic mass is 16.5. The zero-order valence-corrected chi connectivity index (χ0v) is 16.0. The summed E-state index contributed by atoms with van der Waals surface area (Å²) in [7, 11) is 2.92. The lowest BCUT2D eigenvalue weighted by atomic mass is 10.1. The van der Waals surface area contributed by atoms with Crippen molar-refractivity contribution in [1.82, 2.24) is 0 Å². The van der Waals surface area contributed by atoms with Gasteiger partial charge in [0.15, 0.2) is 6.61 Å². The van der Waals surface area contributed by atoms with Crippen LogP contribution in [0.3, 0.4) is 0 Å². The SMILES string of the molecule is COc1ccc(C(=O)COC(=O)c2ccc(N3C(=O)CCC3=O)cc2)c(OC)c1. The minimum absolute atomic E-state index is 0.180. The molecular weight excluding hydrogens is 378 g/mol. The van der Waals surface area contributed by atoms with Crippen LogP contribution < -0.4 is 14.4 Å². The Balaban J connectivity index is 1.64. The zero-order chi connectivity index (χ0) is 21.0. The van der Waals surface area contributed by atoms with Gasteiger partial charge in [-0.05, 0) is 36.4 Å². The van der Waals surface area contributed by atoms with Crippen molar-refractivity contribution < 1.29 is 33.4 Å². The van der Waals surface area contributed by atoms with Crippen molar-refractivity contribution in [3.63, 3.8) is 0 Å². The predicted molar refractivity (Wildman–Crippen MR) is 102 cm³/mol. The van der Waals surface area contributed by atoms with E-state index in [4.69, 9.17) is 14.2 Å². The highest BCUT2D eigenvalue weighted by molar-refractivity contribution is 6.19. The van der Waals surface area contributed by atoms with Crippen LogP contribution >= 0.6 is 0 Å². The number of ketones is 1. The third-order valence-corrected chi connectivity index (χ3v) is 4.46. The Bertz CT molecular complexity index is 949. The topological polar surface area (TPSA) is 99.2 Å². The predicted octanol–water partition coefficient (Wildman–Crippen LogP) is 2.40. The lowest BCUT2D eigenvalue weighted by molar-refractivity contribution is -0.121.